The number of benzene rings is 2. The van der Waals surface area contributed by atoms with Gasteiger partial charge in [-0.25, -0.2) is 18.0 Å². The molecule has 0 bridgehead atoms. The first-order valence-electron chi connectivity index (χ1n) is 13.7. The maximum atomic E-state index is 14.3. The minimum absolute atomic E-state index is 0.00521. The van der Waals surface area contributed by atoms with E-state index < -0.39 is 27.7 Å². The Morgan fingerprint density at radius 1 is 1.09 bits per heavy atom. The van der Waals surface area contributed by atoms with Crippen LogP contribution in [0.5, 0.6) is 0 Å². The van der Waals surface area contributed by atoms with Crippen molar-refractivity contribution in [2.45, 2.75) is 71.9 Å². The van der Waals surface area contributed by atoms with E-state index in [0.717, 1.165) is 0 Å². The Balaban J connectivity index is 1.97. The summed E-state index contributed by atoms with van der Waals surface area (Å²) < 4.78 is 46.7. The monoisotopic (exact) mass is 630 g/mol. The third-order valence-electron chi connectivity index (χ3n) is 6.87. The molecule has 10 nitrogen and oxygen atoms in total. The quantitative estimate of drug-likeness (QED) is 0.199. The van der Waals surface area contributed by atoms with Gasteiger partial charge in [-0.05, 0) is 95.5 Å². The Morgan fingerprint density at radius 2 is 1.79 bits per heavy atom. The van der Waals surface area contributed by atoms with Crippen LogP contribution in [0.4, 0.5) is 16.2 Å². The van der Waals surface area contributed by atoms with Crippen LogP contribution in [-0.4, -0.2) is 37.7 Å². The van der Waals surface area contributed by atoms with E-state index in [4.69, 9.17) is 25.2 Å². The van der Waals surface area contributed by atoms with Gasteiger partial charge in [0.25, 0.3) is 10.0 Å². The van der Waals surface area contributed by atoms with Gasteiger partial charge >= 0.3 is 12.1 Å². The minimum atomic E-state index is -4.26. The highest BCUT2D eigenvalue weighted by atomic mass is 35.5. The Hall–Kier alpha value is -3.96. The van der Waals surface area contributed by atoms with Gasteiger partial charge in [-0.2, -0.15) is 0 Å². The van der Waals surface area contributed by atoms with E-state index in [1.807, 2.05) is 6.92 Å². The van der Waals surface area contributed by atoms with E-state index in [1.165, 1.54) is 33.7 Å². The fraction of sp³-hybridized carbons (Fsp3) is 0.355. The maximum absolute atomic E-state index is 14.3. The Labute approximate surface area is 255 Å². The Morgan fingerprint density at radius 3 is 2.35 bits per heavy atom. The zero-order valence-corrected chi connectivity index (χ0v) is 26.7. The number of sulfonamides is 1. The average Bonchev–Trinajstić information content (AvgIpc) is 3.56. The van der Waals surface area contributed by atoms with E-state index >= 15 is 0 Å². The van der Waals surface area contributed by atoms with Crippen LogP contribution in [0, 0.1) is 13.8 Å². The van der Waals surface area contributed by atoms with Crippen LogP contribution in [0.3, 0.4) is 0 Å². The van der Waals surface area contributed by atoms with Crippen LogP contribution in [-0.2, 0) is 27.7 Å². The molecule has 0 fully saturated rings. The van der Waals surface area contributed by atoms with E-state index in [2.05, 4.69) is 0 Å². The van der Waals surface area contributed by atoms with Crippen LogP contribution in [0.25, 0.3) is 11.0 Å². The molecule has 0 saturated heterocycles. The fourth-order valence-corrected chi connectivity index (χ4v) is 6.70. The molecule has 4 rings (SSSR count). The van der Waals surface area contributed by atoms with Crippen LogP contribution >= 0.6 is 11.6 Å². The first kappa shape index (κ1) is 32.0. The number of halogens is 1. The third kappa shape index (κ3) is 6.23. The van der Waals surface area contributed by atoms with Gasteiger partial charge in [-0.15, -0.1) is 0 Å². The highest BCUT2D eigenvalue weighted by molar-refractivity contribution is 7.92. The molecule has 0 aliphatic heterocycles. The number of nitrogens with zero attached hydrogens (tertiary/aromatic N) is 2. The number of aryl methyl sites for hydroxylation is 2. The zero-order valence-electron chi connectivity index (χ0n) is 25.1. The second-order valence-corrected chi connectivity index (χ2v) is 13.3. The minimum Gasteiger partial charge on any atom is -0.475 e. The number of hydrogen-bond donors (Lipinski definition) is 1. The lowest BCUT2D eigenvalue weighted by atomic mass is 10.0. The van der Waals surface area contributed by atoms with Crippen molar-refractivity contribution >= 4 is 56.0 Å². The van der Waals surface area contributed by atoms with E-state index in [9.17, 15) is 23.1 Å². The standard InChI is InChI=1S/C31H35ClN2O8S/c1-8-22-26(32)18(3)15-24(27(22)33(17-20-11-10-14-40-20)30(37)42-31(5,6)7)34(9-2)43(38,39)21-12-13-25-23(16-21)19(4)28(41-25)29(35)36/h10-16H,8-9,17H2,1-7H3,(H,35,36). The molecule has 2 heterocycles. The molecule has 0 radical (unpaired) electrons. The van der Waals surface area contributed by atoms with Crippen molar-refractivity contribution < 1.29 is 36.7 Å². The van der Waals surface area contributed by atoms with Crippen LogP contribution in [0.15, 0.2) is 56.4 Å². The van der Waals surface area contributed by atoms with Crippen molar-refractivity contribution in [3.63, 3.8) is 0 Å². The number of carboxylic acids is 1. The number of carboxylic acid groups (broad SMARTS) is 1. The molecule has 2 aromatic heterocycles. The van der Waals surface area contributed by atoms with Crippen molar-refractivity contribution in [1.82, 2.24) is 0 Å². The number of carbonyl (C=O) groups is 2. The number of aromatic carboxylic acids is 1. The van der Waals surface area contributed by atoms with Crippen molar-refractivity contribution in [2.75, 3.05) is 15.7 Å². The van der Waals surface area contributed by atoms with Gasteiger partial charge in [-0.1, -0.05) is 18.5 Å². The number of furan rings is 2. The van der Waals surface area contributed by atoms with Crippen LogP contribution in [0.1, 0.15) is 67.6 Å². The second kappa shape index (κ2) is 12.0. The van der Waals surface area contributed by atoms with Crippen LogP contribution in [0.2, 0.25) is 5.02 Å². The van der Waals surface area contributed by atoms with E-state index in [0.29, 0.717) is 39.3 Å². The number of rotatable bonds is 9. The first-order chi connectivity index (χ1) is 20.1. The largest absolute Gasteiger partial charge is 0.475 e. The molecule has 0 aliphatic rings. The molecule has 230 valence electrons. The van der Waals surface area contributed by atoms with Gasteiger partial charge in [0, 0.05) is 22.5 Å². The normalized spacial score (nSPS) is 12.0. The summed E-state index contributed by atoms with van der Waals surface area (Å²) in [6.07, 6.45) is 1.17. The molecular formula is C31H35ClN2O8S. The lowest BCUT2D eigenvalue weighted by molar-refractivity contribution is 0.0573. The molecule has 2 aromatic carbocycles. The predicted octanol–water partition coefficient (Wildman–Crippen LogP) is 7.71. The zero-order chi connectivity index (χ0) is 31.9. The second-order valence-electron chi connectivity index (χ2n) is 11.0. The van der Waals surface area contributed by atoms with Crippen molar-refractivity contribution in [3.8, 4) is 0 Å². The summed E-state index contributed by atoms with van der Waals surface area (Å²) >= 11 is 6.80. The molecule has 0 atom stereocenters. The van der Waals surface area contributed by atoms with Crippen molar-refractivity contribution in [2.24, 2.45) is 0 Å². The van der Waals surface area contributed by atoms with Gasteiger partial charge in [0.05, 0.1) is 29.1 Å². The summed E-state index contributed by atoms with van der Waals surface area (Å²) in [5.41, 5.74) is 1.42. The van der Waals surface area contributed by atoms with Gasteiger partial charge in [0.2, 0.25) is 5.76 Å². The van der Waals surface area contributed by atoms with Gasteiger partial charge in [-0.3, -0.25) is 9.21 Å². The fourth-order valence-electron chi connectivity index (χ4n) is 4.92. The van der Waals surface area contributed by atoms with Crippen molar-refractivity contribution in [1.29, 1.82) is 0 Å². The number of fused-ring (bicyclic) bond motifs is 1. The summed E-state index contributed by atoms with van der Waals surface area (Å²) in [5, 5.41) is 10.2. The third-order valence-corrected chi connectivity index (χ3v) is 9.28. The molecular weight excluding hydrogens is 596 g/mol. The lowest BCUT2D eigenvalue weighted by Gasteiger charge is -2.34. The number of carbonyl (C=O) groups excluding carboxylic acids is 1. The Bertz CT molecular complexity index is 1790. The summed E-state index contributed by atoms with van der Waals surface area (Å²) in [6, 6.07) is 9.24. The summed E-state index contributed by atoms with van der Waals surface area (Å²) in [7, 11) is -4.26. The summed E-state index contributed by atoms with van der Waals surface area (Å²) in [5.74, 6) is -1.05. The number of amides is 1. The molecule has 12 heteroatoms. The molecule has 1 N–H and O–H groups in total. The Kier molecular flexibility index (Phi) is 8.90. The lowest BCUT2D eigenvalue weighted by Crippen LogP contribution is -2.39. The highest BCUT2D eigenvalue weighted by Gasteiger charge is 2.34. The number of hydrogen-bond acceptors (Lipinski definition) is 7. The summed E-state index contributed by atoms with van der Waals surface area (Å²) in [6.45, 7) is 12.1. The molecule has 1 amide bonds. The van der Waals surface area contributed by atoms with Gasteiger partial charge in [0.15, 0.2) is 0 Å². The van der Waals surface area contributed by atoms with Gasteiger partial charge < -0.3 is 18.7 Å². The van der Waals surface area contributed by atoms with Gasteiger partial charge in [0.1, 0.15) is 16.9 Å². The molecule has 0 spiro atoms. The summed E-state index contributed by atoms with van der Waals surface area (Å²) in [4.78, 5) is 26.7. The molecule has 0 unspecified atom stereocenters. The number of ether oxygens (including phenoxy) is 1. The van der Waals surface area contributed by atoms with E-state index in [1.54, 1.807) is 59.7 Å². The molecule has 0 aliphatic carbocycles. The molecule has 0 saturated carbocycles. The maximum Gasteiger partial charge on any atom is 0.415 e. The van der Waals surface area contributed by atoms with E-state index in [-0.39, 0.29) is 40.7 Å². The smallest absolute Gasteiger partial charge is 0.415 e. The topological polar surface area (TPSA) is 130 Å². The SMILES string of the molecule is CCc1c(Cl)c(C)cc(N(CC)S(=O)(=O)c2ccc3oc(C(=O)O)c(C)c3c2)c1N(Cc1ccco1)C(=O)OC(C)(C)C. The first-order valence-corrected chi connectivity index (χ1v) is 15.6. The van der Waals surface area contributed by atoms with Crippen LogP contribution < -0.4 is 9.21 Å². The average molecular weight is 631 g/mol. The highest BCUT2D eigenvalue weighted by Crippen LogP contribution is 2.43. The van der Waals surface area contributed by atoms with Crippen molar-refractivity contribution in [3.05, 3.63) is 75.9 Å². The predicted molar refractivity (Wildman–Crippen MR) is 165 cm³/mol. The molecule has 43 heavy (non-hydrogen) atoms. The molecule has 4 aromatic rings. The number of anilines is 2.